The molecule has 2 rings (SSSR count). The Kier molecular flexibility index (Phi) is 4.90. The molecule has 0 bridgehead atoms. The van der Waals surface area contributed by atoms with Gasteiger partial charge in [-0.3, -0.25) is 0 Å². The molecule has 0 aliphatic heterocycles. The Bertz CT molecular complexity index is 542. The van der Waals surface area contributed by atoms with Crippen molar-refractivity contribution in [3.8, 4) is 5.75 Å². The molecular formula is C15H20N4O. The molecule has 0 unspecified atom stereocenters. The van der Waals surface area contributed by atoms with Gasteiger partial charge in [0, 0.05) is 30.7 Å². The highest BCUT2D eigenvalue weighted by molar-refractivity contribution is 5.59. The number of methoxy groups -OCH3 is 1. The normalized spacial score (nSPS) is 10.3. The van der Waals surface area contributed by atoms with E-state index in [0.717, 1.165) is 30.0 Å². The number of benzene rings is 1. The van der Waals surface area contributed by atoms with E-state index < -0.39 is 0 Å². The summed E-state index contributed by atoms with van der Waals surface area (Å²) in [6.07, 6.45) is 4.50. The van der Waals surface area contributed by atoms with Gasteiger partial charge in [0.05, 0.1) is 7.11 Å². The third-order valence-corrected chi connectivity index (χ3v) is 2.96. The third-order valence-electron chi connectivity index (χ3n) is 2.96. The van der Waals surface area contributed by atoms with E-state index in [1.807, 2.05) is 43.6 Å². The number of nitrogens with two attached hydrogens (primary N) is 1. The number of nitrogens with zero attached hydrogens (tertiary/aromatic N) is 3. The summed E-state index contributed by atoms with van der Waals surface area (Å²) >= 11 is 0. The molecule has 0 saturated carbocycles. The number of hydrogen-bond acceptors (Lipinski definition) is 5. The fourth-order valence-electron chi connectivity index (χ4n) is 1.90. The number of hydrogen-bond donors (Lipinski definition) is 1. The van der Waals surface area contributed by atoms with Crippen LogP contribution in [0.3, 0.4) is 0 Å². The summed E-state index contributed by atoms with van der Waals surface area (Å²) in [4.78, 5) is 10.8. The van der Waals surface area contributed by atoms with Gasteiger partial charge in [-0.1, -0.05) is 6.07 Å². The van der Waals surface area contributed by atoms with Crippen LogP contribution in [0.4, 0.5) is 11.6 Å². The smallest absolute Gasteiger partial charge is 0.229 e. The minimum Gasteiger partial charge on any atom is -0.497 e. The fourth-order valence-corrected chi connectivity index (χ4v) is 1.90. The molecule has 0 spiro atoms. The lowest BCUT2D eigenvalue weighted by atomic mass is 10.2. The van der Waals surface area contributed by atoms with Crippen LogP contribution in [0.25, 0.3) is 0 Å². The first-order valence-corrected chi connectivity index (χ1v) is 6.65. The Morgan fingerprint density at radius 1 is 1.25 bits per heavy atom. The molecule has 1 aromatic heterocycles. The van der Waals surface area contributed by atoms with E-state index in [9.17, 15) is 0 Å². The summed E-state index contributed by atoms with van der Waals surface area (Å²) in [6.45, 7) is 3.37. The minimum atomic E-state index is 0.631. The predicted molar refractivity (Wildman–Crippen MR) is 80.4 cm³/mol. The molecular weight excluding hydrogens is 252 g/mol. The predicted octanol–water partition coefficient (Wildman–Crippen LogP) is 2.28. The van der Waals surface area contributed by atoms with Gasteiger partial charge in [0.25, 0.3) is 0 Å². The van der Waals surface area contributed by atoms with Crippen molar-refractivity contribution >= 4 is 11.6 Å². The molecule has 20 heavy (non-hydrogen) atoms. The van der Waals surface area contributed by atoms with E-state index in [4.69, 9.17) is 10.5 Å². The van der Waals surface area contributed by atoms with Crippen molar-refractivity contribution in [1.82, 2.24) is 9.97 Å². The largest absolute Gasteiger partial charge is 0.497 e. The van der Waals surface area contributed by atoms with Crippen LogP contribution in [-0.4, -0.2) is 30.2 Å². The lowest BCUT2D eigenvalue weighted by molar-refractivity contribution is 0.415. The molecule has 0 atom stereocenters. The van der Waals surface area contributed by atoms with Gasteiger partial charge in [0.1, 0.15) is 5.75 Å². The summed E-state index contributed by atoms with van der Waals surface area (Å²) in [7, 11) is 1.66. The summed E-state index contributed by atoms with van der Waals surface area (Å²) in [5.41, 5.74) is 7.66. The molecule has 0 radical (unpaired) electrons. The van der Waals surface area contributed by atoms with Crippen molar-refractivity contribution in [2.24, 2.45) is 5.73 Å². The van der Waals surface area contributed by atoms with Crippen LogP contribution in [0.1, 0.15) is 12.0 Å². The second-order valence-electron chi connectivity index (χ2n) is 4.56. The quantitative estimate of drug-likeness (QED) is 0.874. The summed E-state index contributed by atoms with van der Waals surface area (Å²) in [6, 6.07) is 7.86. The van der Waals surface area contributed by atoms with Crippen LogP contribution in [0.15, 0.2) is 36.7 Å². The molecule has 0 aliphatic rings. The Balaban J connectivity index is 2.32. The molecule has 0 fully saturated rings. The number of aromatic nitrogens is 2. The van der Waals surface area contributed by atoms with Gasteiger partial charge in [-0.05, 0) is 37.6 Å². The van der Waals surface area contributed by atoms with E-state index in [1.54, 1.807) is 7.11 Å². The van der Waals surface area contributed by atoms with E-state index >= 15 is 0 Å². The Labute approximate surface area is 119 Å². The topological polar surface area (TPSA) is 64.3 Å². The standard InChI is InChI=1S/C15H20N4O/c1-12-10-17-15(18-11-12)19(8-4-7-16)13-5-3-6-14(9-13)20-2/h3,5-6,9-11H,4,7-8,16H2,1-2H3. The summed E-state index contributed by atoms with van der Waals surface area (Å²) in [5.74, 6) is 1.49. The lowest BCUT2D eigenvalue weighted by Gasteiger charge is -2.23. The van der Waals surface area contributed by atoms with Crippen LogP contribution in [0, 0.1) is 6.92 Å². The van der Waals surface area contributed by atoms with Gasteiger partial charge >= 0.3 is 0 Å². The zero-order chi connectivity index (χ0) is 14.4. The highest BCUT2D eigenvalue weighted by Gasteiger charge is 2.12. The average molecular weight is 272 g/mol. The molecule has 0 aliphatic carbocycles. The molecule has 106 valence electrons. The zero-order valence-corrected chi connectivity index (χ0v) is 11.9. The van der Waals surface area contributed by atoms with Gasteiger partial charge in [-0.2, -0.15) is 0 Å². The number of ether oxygens (including phenoxy) is 1. The van der Waals surface area contributed by atoms with Crippen molar-refractivity contribution in [2.75, 3.05) is 25.1 Å². The second-order valence-corrected chi connectivity index (χ2v) is 4.56. The zero-order valence-electron chi connectivity index (χ0n) is 11.9. The van der Waals surface area contributed by atoms with Gasteiger partial charge < -0.3 is 15.4 Å². The van der Waals surface area contributed by atoms with Crippen molar-refractivity contribution in [1.29, 1.82) is 0 Å². The number of aryl methyl sites for hydroxylation is 1. The van der Waals surface area contributed by atoms with Crippen LogP contribution in [0.2, 0.25) is 0 Å². The SMILES string of the molecule is COc1cccc(N(CCCN)c2ncc(C)cn2)c1. The van der Waals surface area contributed by atoms with E-state index in [1.165, 1.54) is 0 Å². The monoisotopic (exact) mass is 272 g/mol. The molecule has 1 aromatic carbocycles. The first-order chi connectivity index (χ1) is 9.74. The maximum Gasteiger partial charge on any atom is 0.229 e. The molecule has 2 aromatic rings. The summed E-state index contributed by atoms with van der Waals surface area (Å²) < 4.78 is 5.27. The average Bonchev–Trinajstić information content (AvgIpc) is 2.49. The van der Waals surface area contributed by atoms with Crippen molar-refractivity contribution < 1.29 is 4.74 Å². The lowest BCUT2D eigenvalue weighted by Crippen LogP contribution is -2.23. The minimum absolute atomic E-state index is 0.631. The van der Waals surface area contributed by atoms with E-state index in [2.05, 4.69) is 14.9 Å². The van der Waals surface area contributed by atoms with Gasteiger partial charge in [-0.25, -0.2) is 9.97 Å². The second kappa shape index (κ2) is 6.86. The number of rotatable bonds is 6. The van der Waals surface area contributed by atoms with Crippen LogP contribution >= 0.6 is 0 Å². The van der Waals surface area contributed by atoms with E-state index in [0.29, 0.717) is 12.5 Å². The Morgan fingerprint density at radius 3 is 2.65 bits per heavy atom. The molecule has 2 N–H and O–H groups in total. The highest BCUT2D eigenvalue weighted by atomic mass is 16.5. The van der Waals surface area contributed by atoms with Crippen LogP contribution in [0.5, 0.6) is 5.75 Å². The third kappa shape index (κ3) is 3.45. The number of anilines is 2. The first kappa shape index (κ1) is 14.3. The first-order valence-electron chi connectivity index (χ1n) is 6.65. The fraction of sp³-hybridized carbons (Fsp3) is 0.333. The van der Waals surface area contributed by atoms with Crippen LogP contribution < -0.4 is 15.4 Å². The van der Waals surface area contributed by atoms with Gasteiger partial charge in [0.15, 0.2) is 0 Å². The van der Waals surface area contributed by atoms with Crippen molar-refractivity contribution in [2.45, 2.75) is 13.3 Å². The highest BCUT2D eigenvalue weighted by Crippen LogP contribution is 2.25. The molecule has 1 heterocycles. The maximum atomic E-state index is 5.62. The maximum absolute atomic E-state index is 5.62. The Hall–Kier alpha value is -2.14. The molecule has 5 heteroatoms. The van der Waals surface area contributed by atoms with Gasteiger partial charge in [0.2, 0.25) is 5.95 Å². The molecule has 0 saturated heterocycles. The Morgan fingerprint density at radius 2 is 2.00 bits per heavy atom. The van der Waals surface area contributed by atoms with Crippen molar-refractivity contribution in [3.05, 3.63) is 42.2 Å². The molecule has 0 amide bonds. The van der Waals surface area contributed by atoms with E-state index in [-0.39, 0.29) is 0 Å². The molecule has 5 nitrogen and oxygen atoms in total. The van der Waals surface area contributed by atoms with Crippen molar-refractivity contribution in [3.63, 3.8) is 0 Å². The van der Waals surface area contributed by atoms with Gasteiger partial charge in [-0.15, -0.1) is 0 Å². The van der Waals surface area contributed by atoms with Crippen LogP contribution in [-0.2, 0) is 0 Å². The summed E-state index contributed by atoms with van der Waals surface area (Å²) in [5, 5.41) is 0.